The van der Waals surface area contributed by atoms with Gasteiger partial charge in [0, 0.05) is 11.6 Å². The van der Waals surface area contributed by atoms with Gasteiger partial charge in [0.15, 0.2) is 11.5 Å². The van der Waals surface area contributed by atoms with Gasteiger partial charge in [0.2, 0.25) is 0 Å². The summed E-state index contributed by atoms with van der Waals surface area (Å²) in [5, 5.41) is 0.417. The Labute approximate surface area is 222 Å². The predicted octanol–water partition coefficient (Wildman–Crippen LogP) is 7.36. The monoisotopic (exact) mass is 571 g/mol. The van der Waals surface area contributed by atoms with Gasteiger partial charge in [0.05, 0.1) is 16.5 Å². The molecule has 4 rings (SSSR count). The molecule has 0 atom stereocenters. The highest BCUT2D eigenvalue weighted by molar-refractivity contribution is 9.10. The molecule has 0 saturated carbocycles. The normalized spacial score (nSPS) is 14.6. The summed E-state index contributed by atoms with van der Waals surface area (Å²) >= 11 is 10.4. The van der Waals surface area contributed by atoms with Crippen molar-refractivity contribution in [2.45, 2.75) is 19.4 Å². The van der Waals surface area contributed by atoms with Crippen LogP contribution in [-0.2, 0) is 17.8 Å². The van der Waals surface area contributed by atoms with E-state index in [4.69, 9.17) is 21.1 Å². The van der Waals surface area contributed by atoms with Crippen molar-refractivity contribution >= 4 is 56.5 Å². The van der Waals surface area contributed by atoms with Crippen molar-refractivity contribution in [2.24, 2.45) is 0 Å². The number of halogens is 2. The number of nitrogens with zero attached hydrogens (tertiary/aromatic N) is 1. The number of rotatable bonds is 9. The second-order valence-corrected chi connectivity index (χ2v) is 10.2. The van der Waals surface area contributed by atoms with Crippen LogP contribution in [0.3, 0.4) is 0 Å². The van der Waals surface area contributed by atoms with Gasteiger partial charge in [-0.3, -0.25) is 14.5 Å². The van der Waals surface area contributed by atoms with Crippen LogP contribution in [0.15, 0.2) is 76.1 Å². The molecule has 1 heterocycles. The van der Waals surface area contributed by atoms with Crippen LogP contribution in [0.1, 0.15) is 23.1 Å². The number of imide groups is 1. The number of benzene rings is 3. The Morgan fingerprint density at radius 2 is 1.77 bits per heavy atom. The molecule has 0 unspecified atom stereocenters. The first-order valence-corrected chi connectivity index (χ1v) is 13.0. The highest BCUT2D eigenvalue weighted by Gasteiger charge is 2.34. The molecule has 0 spiro atoms. The molecular weight excluding hydrogens is 550 g/mol. The number of carbonyl (C=O) groups is 2. The zero-order chi connectivity index (χ0) is 24.8. The van der Waals surface area contributed by atoms with Gasteiger partial charge in [0.25, 0.3) is 11.1 Å². The Balaban J connectivity index is 1.44. The quantitative estimate of drug-likeness (QED) is 0.251. The standard InChI is InChI=1S/C27H23BrClNO4S/c1-33-23-15-20(14-22(28)25(23)34-17-19-9-11-21(29)12-10-19)16-24-26(31)30(27(32)35-24)13-5-8-18-6-3-2-4-7-18/h2-4,6-7,9-12,14-16H,5,8,13,17H2,1H3/b24-16+. The van der Waals surface area contributed by atoms with Gasteiger partial charge in [-0.1, -0.05) is 54.1 Å². The summed E-state index contributed by atoms with van der Waals surface area (Å²) in [6, 6.07) is 21.1. The van der Waals surface area contributed by atoms with Gasteiger partial charge in [-0.2, -0.15) is 0 Å². The Morgan fingerprint density at radius 1 is 1.03 bits per heavy atom. The van der Waals surface area contributed by atoms with Crippen LogP contribution in [0.5, 0.6) is 11.5 Å². The van der Waals surface area contributed by atoms with E-state index in [9.17, 15) is 9.59 Å². The molecule has 3 aromatic rings. The average molecular weight is 573 g/mol. The number of hydrogen-bond donors (Lipinski definition) is 0. The van der Waals surface area contributed by atoms with Crippen LogP contribution in [-0.4, -0.2) is 29.7 Å². The Bertz CT molecular complexity index is 1250. The Hall–Kier alpha value is -2.74. The molecule has 0 N–H and O–H groups in total. The van der Waals surface area contributed by atoms with Crippen LogP contribution in [0.2, 0.25) is 5.02 Å². The minimum atomic E-state index is -0.272. The first-order valence-electron chi connectivity index (χ1n) is 11.0. The topological polar surface area (TPSA) is 55.8 Å². The molecule has 180 valence electrons. The van der Waals surface area contributed by atoms with Gasteiger partial charge in [-0.05, 0) is 87.6 Å². The lowest BCUT2D eigenvalue weighted by atomic mass is 10.1. The maximum absolute atomic E-state index is 12.9. The first kappa shape index (κ1) is 25.4. The van der Waals surface area contributed by atoms with E-state index in [0.717, 1.165) is 29.3 Å². The average Bonchev–Trinajstić information content (AvgIpc) is 3.12. The number of thioether (sulfide) groups is 1. The van der Waals surface area contributed by atoms with Crippen molar-refractivity contribution in [3.05, 3.63) is 97.8 Å². The minimum Gasteiger partial charge on any atom is -0.493 e. The smallest absolute Gasteiger partial charge is 0.293 e. The fourth-order valence-electron chi connectivity index (χ4n) is 3.63. The lowest BCUT2D eigenvalue weighted by molar-refractivity contribution is -0.122. The summed E-state index contributed by atoms with van der Waals surface area (Å²) in [4.78, 5) is 27.1. The van der Waals surface area contributed by atoms with Gasteiger partial charge < -0.3 is 9.47 Å². The first-order chi connectivity index (χ1) is 16.9. The molecule has 0 bridgehead atoms. The number of ether oxygens (including phenoxy) is 2. The van der Waals surface area contributed by atoms with E-state index in [-0.39, 0.29) is 11.1 Å². The molecule has 5 nitrogen and oxygen atoms in total. The predicted molar refractivity (Wildman–Crippen MR) is 144 cm³/mol. The minimum absolute atomic E-state index is 0.247. The maximum Gasteiger partial charge on any atom is 0.293 e. The number of methoxy groups -OCH3 is 1. The molecule has 35 heavy (non-hydrogen) atoms. The fourth-order valence-corrected chi connectivity index (χ4v) is 5.19. The SMILES string of the molecule is COc1cc(/C=C2/SC(=O)N(CCCc3ccccc3)C2=O)cc(Br)c1OCc1ccc(Cl)cc1. The van der Waals surface area contributed by atoms with Gasteiger partial charge in [0.1, 0.15) is 6.61 Å². The second kappa shape index (κ2) is 11.8. The van der Waals surface area contributed by atoms with E-state index in [1.54, 1.807) is 19.3 Å². The lowest BCUT2D eigenvalue weighted by Gasteiger charge is -2.14. The summed E-state index contributed by atoms with van der Waals surface area (Å²) in [5.41, 5.74) is 2.88. The maximum atomic E-state index is 12.9. The van der Waals surface area contributed by atoms with Crippen LogP contribution < -0.4 is 9.47 Å². The number of carbonyl (C=O) groups excluding carboxylic acids is 2. The van der Waals surface area contributed by atoms with Crippen LogP contribution in [0.25, 0.3) is 6.08 Å². The van der Waals surface area contributed by atoms with Crippen molar-refractivity contribution in [1.29, 1.82) is 0 Å². The van der Waals surface area contributed by atoms with Crippen LogP contribution >= 0.6 is 39.3 Å². The number of amides is 2. The van der Waals surface area contributed by atoms with E-state index < -0.39 is 0 Å². The molecule has 0 aliphatic carbocycles. The van der Waals surface area contributed by atoms with E-state index in [0.29, 0.717) is 45.5 Å². The molecular formula is C27H23BrClNO4S. The molecule has 1 saturated heterocycles. The highest BCUT2D eigenvalue weighted by Crippen LogP contribution is 2.39. The lowest BCUT2D eigenvalue weighted by Crippen LogP contribution is -2.29. The largest absolute Gasteiger partial charge is 0.493 e. The summed E-state index contributed by atoms with van der Waals surface area (Å²) < 4.78 is 12.2. The van der Waals surface area contributed by atoms with Gasteiger partial charge >= 0.3 is 0 Å². The second-order valence-electron chi connectivity index (χ2n) is 7.87. The Kier molecular flexibility index (Phi) is 8.55. The molecule has 1 aliphatic rings. The molecule has 0 aromatic heterocycles. The highest BCUT2D eigenvalue weighted by atomic mass is 79.9. The van der Waals surface area contributed by atoms with E-state index in [2.05, 4.69) is 15.9 Å². The summed E-state index contributed by atoms with van der Waals surface area (Å²) in [5.74, 6) is 0.793. The summed E-state index contributed by atoms with van der Waals surface area (Å²) in [6.45, 7) is 0.731. The molecule has 2 amide bonds. The molecule has 1 aliphatic heterocycles. The van der Waals surface area contributed by atoms with Crippen molar-refractivity contribution in [2.75, 3.05) is 13.7 Å². The zero-order valence-electron chi connectivity index (χ0n) is 19.0. The van der Waals surface area contributed by atoms with Crippen molar-refractivity contribution < 1.29 is 19.1 Å². The molecule has 3 aromatic carbocycles. The van der Waals surface area contributed by atoms with Gasteiger partial charge in [-0.25, -0.2) is 0 Å². The Morgan fingerprint density at radius 3 is 2.49 bits per heavy atom. The number of aryl methyl sites for hydroxylation is 1. The summed E-state index contributed by atoms with van der Waals surface area (Å²) in [7, 11) is 1.56. The van der Waals surface area contributed by atoms with E-state index >= 15 is 0 Å². The van der Waals surface area contributed by atoms with Crippen LogP contribution in [0.4, 0.5) is 4.79 Å². The molecule has 1 fully saturated rings. The van der Waals surface area contributed by atoms with Gasteiger partial charge in [-0.15, -0.1) is 0 Å². The third-order valence-corrected chi connectivity index (χ3v) is 7.16. The van der Waals surface area contributed by atoms with E-state index in [1.807, 2.05) is 60.7 Å². The number of hydrogen-bond acceptors (Lipinski definition) is 5. The van der Waals surface area contributed by atoms with Crippen molar-refractivity contribution in [3.8, 4) is 11.5 Å². The molecule has 0 radical (unpaired) electrons. The van der Waals surface area contributed by atoms with Crippen molar-refractivity contribution in [1.82, 2.24) is 4.90 Å². The van der Waals surface area contributed by atoms with Crippen LogP contribution in [0, 0.1) is 0 Å². The zero-order valence-corrected chi connectivity index (χ0v) is 22.2. The third-order valence-electron chi connectivity index (χ3n) is 5.41. The molecule has 8 heteroatoms. The third kappa shape index (κ3) is 6.48. The fraction of sp³-hybridized carbons (Fsp3) is 0.185. The van der Waals surface area contributed by atoms with Crippen molar-refractivity contribution in [3.63, 3.8) is 0 Å². The summed E-state index contributed by atoms with van der Waals surface area (Å²) in [6.07, 6.45) is 3.23. The van der Waals surface area contributed by atoms with E-state index in [1.165, 1.54) is 10.5 Å².